The number of hydrogen-bond donors (Lipinski definition) is 1. The smallest absolute Gasteiger partial charge is 0.341 e. The van der Waals surface area contributed by atoms with Crippen molar-refractivity contribution in [2.24, 2.45) is 0 Å². The van der Waals surface area contributed by atoms with Crippen molar-refractivity contribution in [3.8, 4) is 0 Å². The number of aromatic nitrogens is 2. The molecule has 2 aromatic rings. The number of amides is 1. The van der Waals surface area contributed by atoms with Gasteiger partial charge in [-0.1, -0.05) is 0 Å². The second-order valence-corrected chi connectivity index (χ2v) is 7.12. The van der Waals surface area contributed by atoms with E-state index in [2.05, 4.69) is 15.3 Å². The molecule has 26 heavy (non-hydrogen) atoms. The molecule has 7 nitrogen and oxygen atoms in total. The quantitative estimate of drug-likeness (QED) is 0.852. The Morgan fingerprint density at radius 1 is 1.23 bits per heavy atom. The monoisotopic (exact) mass is 352 g/mol. The summed E-state index contributed by atoms with van der Waals surface area (Å²) in [6.45, 7) is 6.49. The average Bonchev–Trinajstić information content (AvgIpc) is 3.02. The van der Waals surface area contributed by atoms with Crippen molar-refractivity contribution in [2.45, 2.75) is 39.5 Å². The Kier molecular flexibility index (Phi) is 3.59. The number of fused-ring (bicyclic) bond motifs is 2. The molecule has 0 bridgehead atoms. The summed E-state index contributed by atoms with van der Waals surface area (Å²) in [5.74, 6) is 0.0407. The molecule has 0 saturated carbocycles. The number of nitrogens with one attached hydrogen (secondary N) is 1. The molecule has 0 radical (unpaired) electrons. The first-order chi connectivity index (χ1) is 12.3. The molecule has 0 saturated heterocycles. The molecule has 4 heterocycles. The van der Waals surface area contributed by atoms with E-state index < -0.39 is 5.60 Å². The largest absolute Gasteiger partial charge is 0.449 e. The van der Waals surface area contributed by atoms with Crippen LogP contribution in [0.25, 0.3) is 0 Å². The van der Waals surface area contributed by atoms with E-state index in [4.69, 9.17) is 4.74 Å². The van der Waals surface area contributed by atoms with Gasteiger partial charge in [0.15, 0.2) is 0 Å². The van der Waals surface area contributed by atoms with Crippen LogP contribution in [0.5, 0.6) is 0 Å². The third-order valence-corrected chi connectivity index (χ3v) is 4.77. The summed E-state index contributed by atoms with van der Waals surface area (Å²) in [4.78, 5) is 35.7. The number of hydrogen-bond acceptors (Lipinski definition) is 6. The number of nitrogens with zero attached hydrogens (tertiary/aromatic N) is 3. The number of pyridine rings is 2. The van der Waals surface area contributed by atoms with Crippen molar-refractivity contribution in [3.05, 3.63) is 52.0 Å². The van der Waals surface area contributed by atoms with Crippen molar-refractivity contribution < 1.29 is 14.3 Å². The van der Waals surface area contributed by atoms with Crippen LogP contribution in [-0.4, -0.2) is 28.9 Å². The number of esters is 1. The van der Waals surface area contributed by atoms with E-state index >= 15 is 0 Å². The number of carbonyl (C=O) groups excluding carboxylic acids is 2. The zero-order chi connectivity index (χ0) is 18.6. The van der Waals surface area contributed by atoms with Gasteiger partial charge < -0.3 is 10.1 Å². The minimum Gasteiger partial charge on any atom is -0.449 e. The fourth-order valence-electron chi connectivity index (χ4n) is 3.56. The highest BCUT2D eigenvalue weighted by atomic mass is 16.6. The maximum Gasteiger partial charge on any atom is 0.341 e. The number of carbonyl (C=O) groups is 2. The van der Waals surface area contributed by atoms with Gasteiger partial charge in [0, 0.05) is 23.4 Å². The van der Waals surface area contributed by atoms with Crippen molar-refractivity contribution in [3.63, 3.8) is 0 Å². The molecular weight excluding hydrogens is 332 g/mol. The van der Waals surface area contributed by atoms with E-state index in [0.29, 0.717) is 35.7 Å². The number of ether oxygens (including phenoxy) is 1. The Hall–Kier alpha value is -2.80. The Labute approximate surface area is 151 Å². The lowest BCUT2D eigenvalue weighted by atomic mass is 10.0. The standard InChI is InChI=1S/C19H20N4O3/c1-10-7-12-13(14(21-10)8-20-4)9-23(17(12)24)15-6-5-11-16(22-15)19(2,3)26-18(11)25/h5-7,20H,8-9H2,1-4H3. The maximum atomic E-state index is 13.0. The maximum absolute atomic E-state index is 13.0. The Morgan fingerprint density at radius 3 is 2.73 bits per heavy atom. The zero-order valence-corrected chi connectivity index (χ0v) is 15.2. The first-order valence-corrected chi connectivity index (χ1v) is 8.52. The van der Waals surface area contributed by atoms with E-state index in [0.717, 1.165) is 17.0 Å². The first kappa shape index (κ1) is 16.7. The molecule has 0 atom stereocenters. The van der Waals surface area contributed by atoms with Crippen molar-refractivity contribution in [1.29, 1.82) is 0 Å². The highest BCUT2D eigenvalue weighted by molar-refractivity contribution is 6.10. The number of anilines is 1. The first-order valence-electron chi connectivity index (χ1n) is 8.52. The predicted molar refractivity (Wildman–Crippen MR) is 94.9 cm³/mol. The lowest BCUT2D eigenvalue weighted by Crippen LogP contribution is -2.25. The lowest BCUT2D eigenvalue weighted by molar-refractivity contribution is 0.00831. The molecule has 0 aromatic carbocycles. The fourth-order valence-corrected chi connectivity index (χ4v) is 3.56. The van der Waals surface area contributed by atoms with Gasteiger partial charge in [0.2, 0.25) is 0 Å². The molecule has 0 unspecified atom stereocenters. The molecule has 0 spiro atoms. The average molecular weight is 352 g/mol. The molecule has 2 aliphatic rings. The van der Waals surface area contributed by atoms with Gasteiger partial charge in [0.25, 0.3) is 5.91 Å². The Bertz CT molecular complexity index is 952. The fraction of sp³-hybridized carbons (Fsp3) is 0.368. The third kappa shape index (κ3) is 2.39. The third-order valence-electron chi connectivity index (χ3n) is 4.77. The second kappa shape index (κ2) is 5.60. The predicted octanol–water partition coefficient (Wildman–Crippen LogP) is 2.07. The highest BCUT2D eigenvalue weighted by Gasteiger charge is 2.41. The molecule has 0 aliphatic carbocycles. The normalized spacial score (nSPS) is 17.3. The van der Waals surface area contributed by atoms with Crippen LogP contribution in [0.4, 0.5) is 5.82 Å². The second-order valence-electron chi connectivity index (χ2n) is 7.12. The summed E-state index contributed by atoms with van der Waals surface area (Å²) in [7, 11) is 1.85. The minimum atomic E-state index is -0.798. The summed E-state index contributed by atoms with van der Waals surface area (Å²) in [6.07, 6.45) is 0. The van der Waals surface area contributed by atoms with Crippen LogP contribution in [0, 0.1) is 6.92 Å². The summed E-state index contributed by atoms with van der Waals surface area (Å²) >= 11 is 0. The summed E-state index contributed by atoms with van der Waals surface area (Å²) in [6, 6.07) is 5.20. The lowest BCUT2D eigenvalue weighted by Gasteiger charge is -2.19. The van der Waals surface area contributed by atoms with Crippen molar-refractivity contribution >= 4 is 17.7 Å². The molecule has 2 aromatic heterocycles. The van der Waals surface area contributed by atoms with E-state index in [-0.39, 0.29) is 11.9 Å². The molecule has 1 N–H and O–H groups in total. The van der Waals surface area contributed by atoms with Crippen molar-refractivity contribution in [2.75, 3.05) is 11.9 Å². The van der Waals surface area contributed by atoms with Crippen LogP contribution in [0.2, 0.25) is 0 Å². The van der Waals surface area contributed by atoms with Crippen molar-refractivity contribution in [1.82, 2.24) is 15.3 Å². The van der Waals surface area contributed by atoms with Crippen LogP contribution >= 0.6 is 0 Å². The van der Waals surface area contributed by atoms with Crippen LogP contribution in [0.15, 0.2) is 18.2 Å². The molecule has 4 rings (SSSR count). The van der Waals surface area contributed by atoms with Gasteiger partial charge in [0.05, 0.1) is 17.8 Å². The van der Waals surface area contributed by atoms with E-state index in [1.807, 2.05) is 20.0 Å². The van der Waals surface area contributed by atoms with Crippen LogP contribution in [0.1, 0.15) is 57.2 Å². The van der Waals surface area contributed by atoms with Crippen LogP contribution < -0.4 is 10.2 Å². The molecule has 0 fully saturated rings. The number of aryl methyl sites for hydroxylation is 1. The number of rotatable bonds is 3. The van der Waals surface area contributed by atoms with Gasteiger partial charge >= 0.3 is 5.97 Å². The van der Waals surface area contributed by atoms with Gasteiger partial charge in [-0.05, 0) is 46.0 Å². The van der Waals surface area contributed by atoms with Gasteiger partial charge in [-0.25, -0.2) is 9.78 Å². The summed E-state index contributed by atoms with van der Waals surface area (Å²) in [5.41, 5.74) is 3.49. The molecule has 134 valence electrons. The minimum absolute atomic E-state index is 0.0987. The van der Waals surface area contributed by atoms with Crippen LogP contribution in [-0.2, 0) is 23.4 Å². The Morgan fingerprint density at radius 2 is 2.00 bits per heavy atom. The highest BCUT2D eigenvalue weighted by Crippen LogP contribution is 2.37. The van der Waals surface area contributed by atoms with E-state index in [9.17, 15) is 9.59 Å². The molecule has 7 heteroatoms. The molecule has 1 amide bonds. The van der Waals surface area contributed by atoms with Crippen LogP contribution in [0.3, 0.4) is 0 Å². The van der Waals surface area contributed by atoms with Gasteiger partial charge in [0.1, 0.15) is 17.1 Å². The van der Waals surface area contributed by atoms with Gasteiger partial charge in [-0.2, -0.15) is 0 Å². The van der Waals surface area contributed by atoms with Gasteiger partial charge in [-0.3, -0.25) is 14.7 Å². The number of cyclic esters (lactones) is 1. The summed E-state index contributed by atoms with van der Waals surface area (Å²) in [5, 5.41) is 3.10. The summed E-state index contributed by atoms with van der Waals surface area (Å²) < 4.78 is 5.37. The molecule has 2 aliphatic heterocycles. The zero-order valence-electron chi connectivity index (χ0n) is 15.2. The van der Waals surface area contributed by atoms with Gasteiger partial charge in [-0.15, -0.1) is 0 Å². The molecular formula is C19H20N4O3. The van der Waals surface area contributed by atoms with E-state index in [1.54, 1.807) is 30.9 Å². The topological polar surface area (TPSA) is 84.4 Å². The Balaban J connectivity index is 1.76. The SMILES string of the molecule is CNCc1nc(C)cc2c1CN(c1ccc3c(n1)C(C)(C)OC3=O)C2=O. The van der Waals surface area contributed by atoms with E-state index in [1.165, 1.54) is 0 Å².